The van der Waals surface area contributed by atoms with Crippen molar-refractivity contribution in [1.82, 2.24) is 24.6 Å². The van der Waals surface area contributed by atoms with Crippen LogP contribution in [0.4, 0.5) is 4.39 Å². The fourth-order valence-electron chi connectivity index (χ4n) is 3.85. The molecule has 3 heterocycles. The number of carbonyl (C=O) groups excluding carboxylic acids is 2. The molecule has 2 aromatic heterocycles. The highest BCUT2D eigenvalue weighted by atomic mass is 35.5. The maximum atomic E-state index is 13.3. The molecule has 4 rings (SSSR count). The minimum Gasteiger partial charge on any atom is -0.335 e. The third-order valence-corrected chi connectivity index (χ3v) is 5.66. The zero-order valence-corrected chi connectivity index (χ0v) is 17.7. The van der Waals surface area contributed by atoms with Gasteiger partial charge in [0.1, 0.15) is 5.82 Å². The second-order valence-electron chi connectivity index (χ2n) is 7.43. The molecule has 9 heteroatoms. The molecule has 0 unspecified atom stereocenters. The number of hydrogen-bond acceptors (Lipinski definition) is 4. The van der Waals surface area contributed by atoms with Gasteiger partial charge in [0.05, 0.1) is 27.2 Å². The third kappa shape index (κ3) is 3.52. The Balaban J connectivity index is 1.53. The van der Waals surface area contributed by atoms with Gasteiger partial charge in [0, 0.05) is 38.9 Å². The molecule has 1 fully saturated rings. The van der Waals surface area contributed by atoms with E-state index in [4.69, 9.17) is 11.6 Å². The number of piperazine rings is 1. The lowest BCUT2D eigenvalue weighted by atomic mass is 10.1. The van der Waals surface area contributed by atoms with Crippen LogP contribution in [0.3, 0.4) is 0 Å². The van der Waals surface area contributed by atoms with E-state index in [1.807, 2.05) is 13.8 Å². The first-order valence-electron chi connectivity index (χ1n) is 9.61. The number of carbonyl (C=O) groups is 2. The van der Waals surface area contributed by atoms with E-state index in [0.717, 1.165) is 22.8 Å². The van der Waals surface area contributed by atoms with Crippen LogP contribution in [0.2, 0.25) is 5.02 Å². The van der Waals surface area contributed by atoms with E-state index >= 15 is 0 Å². The lowest BCUT2D eigenvalue weighted by molar-refractivity contribution is 0.0536. The highest BCUT2D eigenvalue weighted by molar-refractivity contribution is 6.33. The summed E-state index contributed by atoms with van der Waals surface area (Å²) in [4.78, 5) is 33.9. The average molecular weight is 430 g/mol. The first kappa shape index (κ1) is 20.3. The zero-order valence-electron chi connectivity index (χ0n) is 16.9. The van der Waals surface area contributed by atoms with Crippen LogP contribution < -0.4 is 0 Å². The number of halogens is 2. The zero-order chi connectivity index (χ0) is 21.6. The molecule has 30 heavy (non-hydrogen) atoms. The van der Waals surface area contributed by atoms with E-state index in [9.17, 15) is 14.0 Å². The van der Waals surface area contributed by atoms with Crippen molar-refractivity contribution in [1.29, 1.82) is 0 Å². The Hall–Kier alpha value is -3.00. The Labute approximate surface area is 178 Å². The van der Waals surface area contributed by atoms with Crippen molar-refractivity contribution in [3.63, 3.8) is 0 Å². The van der Waals surface area contributed by atoms with Gasteiger partial charge in [-0.15, -0.1) is 0 Å². The fourth-order valence-corrected chi connectivity index (χ4v) is 4.10. The summed E-state index contributed by atoms with van der Waals surface area (Å²) in [5.41, 5.74) is 3.01. The van der Waals surface area contributed by atoms with Crippen LogP contribution in [0, 0.1) is 19.7 Å². The molecule has 1 aliphatic heterocycles. The summed E-state index contributed by atoms with van der Waals surface area (Å²) < 4.78 is 14.9. The van der Waals surface area contributed by atoms with Gasteiger partial charge in [-0.1, -0.05) is 11.6 Å². The molecular weight excluding hydrogens is 409 g/mol. The van der Waals surface area contributed by atoms with Gasteiger partial charge >= 0.3 is 0 Å². The number of aryl methyl sites for hydroxylation is 3. The van der Waals surface area contributed by atoms with Gasteiger partial charge in [-0.2, -0.15) is 5.10 Å². The van der Waals surface area contributed by atoms with Crippen LogP contribution in [-0.4, -0.2) is 62.6 Å². The molecular formula is C21H21ClFN5O2. The highest BCUT2D eigenvalue weighted by Gasteiger charge is 2.28. The summed E-state index contributed by atoms with van der Waals surface area (Å²) in [6.07, 6.45) is 0. The van der Waals surface area contributed by atoms with Gasteiger partial charge in [0.15, 0.2) is 5.65 Å². The minimum atomic E-state index is -0.489. The van der Waals surface area contributed by atoms with Crippen molar-refractivity contribution >= 4 is 34.4 Å². The summed E-state index contributed by atoms with van der Waals surface area (Å²) in [5.74, 6) is -0.859. The quantitative estimate of drug-likeness (QED) is 0.628. The standard InChI is InChI=1S/C21H21ClFN5O2/c1-12-10-16(18-13(2)25-26(3)19(18)24-12)21(30)28-8-6-27(7-9-28)20(29)15-5-4-14(23)11-17(15)22/h4-5,10-11H,6-9H2,1-3H3. The molecule has 0 saturated carbocycles. The molecule has 1 aromatic carbocycles. The van der Waals surface area contributed by atoms with Crippen molar-refractivity contribution in [3.8, 4) is 0 Å². The molecule has 7 nitrogen and oxygen atoms in total. The fraction of sp³-hybridized carbons (Fsp3) is 0.333. The van der Waals surface area contributed by atoms with E-state index in [1.54, 1.807) is 27.6 Å². The molecule has 1 aliphatic rings. The second kappa shape index (κ2) is 7.68. The molecule has 156 valence electrons. The first-order valence-corrected chi connectivity index (χ1v) is 9.98. The third-order valence-electron chi connectivity index (χ3n) is 5.34. The lowest BCUT2D eigenvalue weighted by Gasteiger charge is -2.35. The molecule has 0 N–H and O–H groups in total. The molecule has 0 radical (unpaired) electrons. The van der Waals surface area contributed by atoms with Gasteiger partial charge in [-0.25, -0.2) is 9.37 Å². The molecule has 1 saturated heterocycles. The predicted octanol–water partition coefficient (Wildman–Crippen LogP) is 2.98. The van der Waals surface area contributed by atoms with Crippen LogP contribution >= 0.6 is 11.6 Å². The molecule has 0 bridgehead atoms. The van der Waals surface area contributed by atoms with Gasteiger partial charge in [0.25, 0.3) is 11.8 Å². The summed E-state index contributed by atoms with van der Waals surface area (Å²) in [6, 6.07) is 5.52. The maximum Gasteiger partial charge on any atom is 0.255 e. The molecule has 0 atom stereocenters. The number of benzene rings is 1. The van der Waals surface area contributed by atoms with Crippen molar-refractivity contribution in [2.75, 3.05) is 26.2 Å². The van der Waals surface area contributed by atoms with Crippen molar-refractivity contribution in [2.45, 2.75) is 13.8 Å². The largest absolute Gasteiger partial charge is 0.335 e. The molecule has 0 spiro atoms. The van der Waals surface area contributed by atoms with E-state index < -0.39 is 5.82 Å². The predicted molar refractivity (Wildman–Crippen MR) is 111 cm³/mol. The van der Waals surface area contributed by atoms with Gasteiger partial charge < -0.3 is 9.80 Å². The van der Waals surface area contributed by atoms with Gasteiger partial charge in [-0.05, 0) is 38.1 Å². The summed E-state index contributed by atoms with van der Waals surface area (Å²) in [7, 11) is 1.81. The Morgan fingerprint density at radius 1 is 1.00 bits per heavy atom. The van der Waals surface area contributed by atoms with E-state index in [0.29, 0.717) is 37.4 Å². The normalized spacial score (nSPS) is 14.4. The van der Waals surface area contributed by atoms with E-state index in [-0.39, 0.29) is 22.4 Å². The van der Waals surface area contributed by atoms with Crippen LogP contribution in [0.5, 0.6) is 0 Å². The van der Waals surface area contributed by atoms with E-state index in [1.165, 1.54) is 12.1 Å². The monoisotopic (exact) mass is 429 g/mol. The number of nitrogens with zero attached hydrogens (tertiary/aromatic N) is 5. The number of pyridine rings is 1. The molecule has 3 aromatic rings. The topological polar surface area (TPSA) is 71.3 Å². The van der Waals surface area contributed by atoms with Crippen molar-refractivity contribution < 1.29 is 14.0 Å². The Kier molecular flexibility index (Phi) is 5.19. The number of fused-ring (bicyclic) bond motifs is 1. The average Bonchev–Trinajstić information content (AvgIpc) is 3.00. The highest BCUT2D eigenvalue weighted by Crippen LogP contribution is 2.24. The maximum absolute atomic E-state index is 13.3. The molecule has 0 aliphatic carbocycles. The number of rotatable bonds is 2. The number of hydrogen-bond donors (Lipinski definition) is 0. The van der Waals surface area contributed by atoms with Crippen LogP contribution in [0.1, 0.15) is 32.1 Å². The summed E-state index contributed by atoms with van der Waals surface area (Å²) >= 11 is 6.02. The smallest absolute Gasteiger partial charge is 0.255 e. The first-order chi connectivity index (χ1) is 14.3. The van der Waals surface area contributed by atoms with Gasteiger partial charge in [-0.3, -0.25) is 14.3 Å². The lowest BCUT2D eigenvalue weighted by Crippen LogP contribution is -2.50. The van der Waals surface area contributed by atoms with E-state index in [2.05, 4.69) is 10.1 Å². The minimum absolute atomic E-state index is 0.0835. The second-order valence-corrected chi connectivity index (χ2v) is 7.83. The van der Waals surface area contributed by atoms with Crippen LogP contribution in [0.15, 0.2) is 24.3 Å². The van der Waals surface area contributed by atoms with Gasteiger partial charge in [0.2, 0.25) is 0 Å². The van der Waals surface area contributed by atoms with Crippen molar-refractivity contribution in [2.24, 2.45) is 7.05 Å². The Bertz CT molecular complexity index is 1170. The Morgan fingerprint density at radius 2 is 1.60 bits per heavy atom. The van der Waals surface area contributed by atoms with Crippen molar-refractivity contribution in [3.05, 3.63) is 57.6 Å². The summed E-state index contributed by atoms with van der Waals surface area (Å²) in [6.45, 7) is 5.24. The van der Waals surface area contributed by atoms with Crippen LogP contribution in [0.25, 0.3) is 11.0 Å². The molecule has 2 amide bonds. The Morgan fingerprint density at radius 3 is 2.20 bits per heavy atom. The SMILES string of the molecule is Cc1cc(C(=O)N2CCN(C(=O)c3ccc(F)cc3Cl)CC2)c2c(C)nn(C)c2n1. The number of amides is 2. The summed E-state index contributed by atoms with van der Waals surface area (Å²) in [5, 5.41) is 5.23. The van der Waals surface area contributed by atoms with Crippen LogP contribution in [-0.2, 0) is 7.05 Å². The number of aromatic nitrogens is 3.